The molecule has 2 amide bonds. The first-order chi connectivity index (χ1) is 17.8. The van der Waals surface area contributed by atoms with E-state index in [9.17, 15) is 18.0 Å². The van der Waals surface area contributed by atoms with E-state index >= 15 is 0 Å². The number of nitrogens with zero attached hydrogens (tertiary/aromatic N) is 2. The van der Waals surface area contributed by atoms with Crippen molar-refractivity contribution in [2.24, 2.45) is 0 Å². The summed E-state index contributed by atoms with van der Waals surface area (Å²) in [6, 6.07) is 23.6. The van der Waals surface area contributed by atoms with E-state index in [-0.39, 0.29) is 17.3 Å². The van der Waals surface area contributed by atoms with Crippen LogP contribution in [0.2, 0.25) is 0 Å². The number of carbonyl (C=O) groups excluding carboxylic acids is 2. The maximum absolute atomic E-state index is 13.9. The van der Waals surface area contributed by atoms with E-state index in [4.69, 9.17) is 0 Å². The molecule has 0 saturated heterocycles. The molecule has 9 heteroatoms. The summed E-state index contributed by atoms with van der Waals surface area (Å²) in [5.74, 6) is -0.708. The smallest absolute Gasteiger partial charge is 0.264 e. The van der Waals surface area contributed by atoms with Crippen molar-refractivity contribution >= 4 is 50.1 Å². The summed E-state index contributed by atoms with van der Waals surface area (Å²) >= 11 is 2.14. The van der Waals surface area contributed by atoms with Gasteiger partial charge in [0.2, 0.25) is 11.8 Å². The lowest BCUT2D eigenvalue weighted by Crippen LogP contribution is -2.52. The van der Waals surface area contributed by atoms with Crippen molar-refractivity contribution in [3.05, 3.63) is 94.1 Å². The fraction of sp³-hybridized carbons (Fsp3) is 0.286. The van der Waals surface area contributed by atoms with Gasteiger partial charge in [-0.2, -0.15) is 0 Å². The maximum Gasteiger partial charge on any atom is 0.264 e. The van der Waals surface area contributed by atoms with Crippen LogP contribution in [-0.2, 0) is 26.2 Å². The van der Waals surface area contributed by atoms with Crippen LogP contribution in [0, 0.1) is 3.57 Å². The second-order valence-corrected chi connectivity index (χ2v) is 11.6. The third-order valence-corrected chi connectivity index (χ3v) is 8.36. The minimum atomic E-state index is -4.05. The van der Waals surface area contributed by atoms with Crippen molar-refractivity contribution in [3.8, 4) is 0 Å². The Morgan fingerprint density at radius 1 is 0.892 bits per heavy atom. The minimum Gasteiger partial charge on any atom is -0.354 e. The number of amides is 2. The lowest BCUT2D eigenvalue weighted by atomic mass is 10.1. The van der Waals surface area contributed by atoms with Gasteiger partial charge < -0.3 is 10.2 Å². The van der Waals surface area contributed by atoms with E-state index in [1.165, 1.54) is 17.0 Å². The number of halogens is 1. The molecule has 37 heavy (non-hydrogen) atoms. The summed E-state index contributed by atoms with van der Waals surface area (Å²) in [6.07, 6.45) is 1.16. The summed E-state index contributed by atoms with van der Waals surface area (Å²) in [7, 11) is -4.05. The monoisotopic (exact) mass is 633 g/mol. The van der Waals surface area contributed by atoms with Gasteiger partial charge in [0.05, 0.1) is 10.6 Å². The first kappa shape index (κ1) is 28.6. The Bertz CT molecular complexity index is 1270. The molecule has 0 saturated carbocycles. The molecule has 0 aromatic heterocycles. The highest BCUT2D eigenvalue weighted by Gasteiger charge is 2.33. The molecule has 3 aromatic rings. The lowest BCUT2D eigenvalue weighted by molar-refractivity contribution is -0.140. The second-order valence-electron chi connectivity index (χ2n) is 8.52. The van der Waals surface area contributed by atoms with Crippen LogP contribution in [0.3, 0.4) is 0 Å². The molecule has 0 heterocycles. The Labute approximate surface area is 233 Å². The van der Waals surface area contributed by atoms with Crippen LogP contribution >= 0.6 is 22.6 Å². The Kier molecular flexibility index (Phi) is 10.5. The Morgan fingerprint density at radius 3 is 2.05 bits per heavy atom. The first-order valence-electron chi connectivity index (χ1n) is 12.2. The highest BCUT2D eigenvalue weighted by Crippen LogP contribution is 2.25. The molecule has 1 unspecified atom stereocenters. The van der Waals surface area contributed by atoms with Crippen LogP contribution in [0.1, 0.15) is 32.3 Å². The zero-order chi connectivity index (χ0) is 26.8. The van der Waals surface area contributed by atoms with Gasteiger partial charge in [-0.05, 0) is 77.4 Å². The number of hydrogen-bond acceptors (Lipinski definition) is 4. The van der Waals surface area contributed by atoms with Gasteiger partial charge >= 0.3 is 0 Å². The summed E-state index contributed by atoms with van der Waals surface area (Å²) in [5.41, 5.74) is 1.23. The van der Waals surface area contributed by atoms with Gasteiger partial charge in [0.1, 0.15) is 12.6 Å². The molecule has 0 bridgehead atoms. The van der Waals surface area contributed by atoms with Crippen LogP contribution < -0.4 is 9.62 Å². The third-order valence-electron chi connectivity index (χ3n) is 5.86. The molecule has 1 atom stereocenters. The van der Waals surface area contributed by atoms with E-state index in [0.717, 1.165) is 19.9 Å². The number of hydrogen-bond donors (Lipinski definition) is 1. The maximum atomic E-state index is 13.9. The van der Waals surface area contributed by atoms with E-state index in [1.54, 1.807) is 42.5 Å². The van der Waals surface area contributed by atoms with Gasteiger partial charge in [-0.25, -0.2) is 8.42 Å². The highest BCUT2D eigenvalue weighted by atomic mass is 127. The van der Waals surface area contributed by atoms with Crippen molar-refractivity contribution in [2.75, 3.05) is 17.4 Å². The van der Waals surface area contributed by atoms with Crippen LogP contribution in [0.4, 0.5) is 5.69 Å². The normalized spacial score (nSPS) is 12.0. The van der Waals surface area contributed by atoms with Crippen LogP contribution in [0.25, 0.3) is 0 Å². The number of rotatable bonds is 12. The van der Waals surface area contributed by atoms with E-state index in [2.05, 4.69) is 27.9 Å². The van der Waals surface area contributed by atoms with Crippen molar-refractivity contribution in [2.45, 2.75) is 44.2 Å². The fourth-order valence-corrected chi connectivity index (χ4v) is 5.72. The molecule has 0 spiro atoms. The first-order valence-corrected chi connectivity index (χ1v) is 14.7. The molecule has 0 radical (unpaired) electrons. The Balaban J connectivity index is 2.02. The van der Waals surface area contributed by atoms with E-state index in [0.29, 0.717) is 18.7 Å². The zero-order valence-electron chi connectivity index (χ0n) is 21.0. The van der Waals surface area contributed by atoms with E-state index in [1.807, 2.05) is 44.2 Å². The highest BCUT2D eigenvalue weighted by molar-refractivity contribution is 14.1. The average molecular weight is 634 g/mol. The predicted octanol–water partition coefficient (Wildman–Crippen LogP) is 4.82. The molecule has 3 rings (SSSR count). The Hall–Kier alpha value is -2.92. The summed E-state index contributed by atoms with van der Waals surface area (Å²) in [4.78, 5) is 28.5. The molecule has 3 aromatic carbocycles. The van der Waals surface area contributed by atoms with Crippen molar-refractivity contribution < 1.29 is 18.0 Å². The van der Waals surface area contributed by atoms with Gasteiger partial charge in [0.25, 0.3) is 10.0 Å². The Morgan fingerprint density at radius 2 is 1.49 bits per heavy atom. The standard InChI is InChI=1S/C28H32IN3O4S/c1-3-19-30-28(34)26(4-2)31(20-22-11-7-5-8-12-22)27(33)21-32(24-17-15-23(29)16-18-24)37(35,36)25-13-9-6-10-14-25/h5-18,26H,3-4,19-21H2,1-2H3,(H,30,34). The summed E-state index contributed by atoms with van der Waals surface area (Å²) in [6.45, 7) is 4.05. The molecule has 0 aliphatic rings. The van der Waals surface area contributed by atoms with Crippen LogP contribution in [-0.4, -0.2) is 44.3 Å². The van der Waals surface area contributed by atoms with Crippen molar-refractivity contribution in [1.29, 1.82) is 0 Å². The van der Waals surface area contributed by atoms with Crippen molar-refractivity contribution in [1.82, 2.24) is 10.2 Å². The molecule has 0 aliphatic heterocycles. The fourth-order valence-electron chi connectivity index (χ4n) is 3.92. The van der Waals surface area contributed by atoms with E-state index < -0.39 is 28.5 Å². The van der Waals surface area contributed by atoms with Gasteiger partial charge in [-0.15, -0.1) is 0 Å². The lowest BCUT2D eigenvalue weighted by Gasteiger charge is -2.33. The number of nitrogens with one attached hydrogen (secondary N) is 1. The van der Waals surface area contributed by atoms with Crippen LogP contribution in [0.15, 0.2) is 89.8 Å². The molecular formula is C28H32IN3O4S. The van der Waals surface area contributed by atoms with Gasteiger partial charge in [0.15, 0.2) is 0 Å². The predicted molar refractivity (Wildman–Crippen MR) is 155 cm³/mol. The number of benzene rings is 3. The number of anilines is 1. The minimum absolute atomic E-state index is 0.0867. The average Bonchev–Trinajstić information content (AvgIpc) is 2.92. The molecule has 7 nitrogen and oxygen atoms in total. The molecule has 1 N–H and O–H groups in total. The summed E-state index contributed by atoms with van der Waals surface area (Å²) in [5, 5.41) is 2.89. The van der Waals surface area contributed by atoms with Gasteiger partial charge in [0, 0.05) is 16.7 Å². The van der Waals surface area contributed by atoms with Crippen LogP contribution in [0.5, 0.6) is 0 Å². The second kappa shape index (κ2) is 13.6. The quantitative estimate of drug-likeness (QED) is 0.290. The molecule has 0 fully saturated rings. The number of sulfonamides is 1. The molecule has 0 aliphatic carbocycles. The van der Waals surface area contributed by atoms with Gasteiger partial charge in [-0.3, -0.25) is 13.9 Å². The molecular weight excluding hydrogens is 601 g/mol. The van der Waals surface area contributed by atoms with Gasteiger partial charge in [-0.1, -0.05) is 62.4 Å². The number of carbonyl (C=O) groups is 2. The largest absolute Gasteiger partial charge is 0.354 e. The third kappa shape index (κ3) is 7.54. The SMILES string of the molecule is CCCNC(=O)C(CC)N(Cc1ccccc1)C(=O)CN(c1ccc(I)cc1)S(=O)(=O)c1ccccc1. The zero-order valence-corrected chi connectivity index (χ0v) is 24.0. The topological polar surface area (TPSA) is 86.8 Å². The molecule has 196 valence electrons. The summed E-state index contributed by atoms with van der Waals surface area (Å²) < 4.78 is 29.5. The van der Waals surface area contributed by atoms with Crippen molar-refractivity contribution in [3.63, 3.8) is 0 Å².